The fraction of sp³-hybridized carbons (Fsp3) is 0.625. The van der Waals surface area contributed by atoms with Gasteiger partial charge in [0.15, 0.2) is 0 Å². The van der Waals surface area contributed by atoms with Gasteiger partial charge in [-0.05, 0) is 44.5 Å². The van der Waals surface area contributed by atoms with Crippen LogP contribution in [0.3, 0.4) is 0 Å². The highest BCUT2D eigenvalue weighted by atomic mass is 15.2. The Balaban J connectivity index is 2.23. The van der Waals surface area contributed by atoms with Gasteiger partial charge in [0.1, 0.15) is 0 Å². The summed E-state index contributed by atoms with van der Waals surface area (Å²) in [6.07, 6.45) is 2.39. The number of hydrogen-bond acceptors (Lipinski definition) is 2. The monoisotopic (exact) mass is 246 g/mol. The minimum atomic E-state index is 0.491. The van der Waals surface area contributed by atoms with Gasteiger partial charge in [-0.1, -0.05) is 38.1 Å². The molecular weight excluding hydrogens is 220 g/mol. The van der Waals surface area contributed by atoms with E-state index in [4.69, 9.17) is 0 Å². The lowest BCUT2D eigenvalue weighted by atomic mass is 10.0. The predicted molar refractivity (Wildman–Crippen MR) is 77.9 cm³/mol. The molecule has 100 valence electrons. The zero-order valence-electron chi connectivity index (χ0n) is 12.1. The molecule has 3 atom stereocenters. The number of nitrogens with zero attached hydrogens (tertiary/aromatic N) is 1. The average molecular weight is 246 g/mol. The standard InChI is InChI=1S/C16H26N2/c1-5-12(3)18(4)15-11-13-9-7-8-10-14(13)16(15)17-6-2/h7-10,12,15-17H,5-6,11H2,1-4H3. The van der Waals surface area contributed by atoms with Crippen molar-refractivity contribution in [2.24, 2.45) is 0 Å². The quantitative estimate of drug-likeness (QED) is 0.859. The highest BCUT2D eigenvalue weighted by Crippen LogP contribution is 2.34. The molecule has 0 radical (unpaired) electrons. The Hall–Kier alpha value is -0.860. The van der Waals surface area contributed by atoms with Gasteiger partial charge >= 0.3 is 0 Å². The smallest absolute Gasteiger partial charge is 0.0484 e. The van der Waals surface area contributed by atoms with Crippen molar-refractivity contribution in [3.63, 3.8) is 0 Å². The maximum Gasteiger partial charge on any atom is 0.0484 e. The fourth-order valence-corrected chi connectivity index (χ4v) is 3.03. The van der Waals surface area contributed by atoms with Crippen LogP contribution in [0.5, 0.6) is 0 Å². The zero-order chi connectivity index (χ0) is 13.1. The average Bonchev–Trinajstić information content (AvgIpc) is 2.76. The molecular formula is C16H26N2. The van der Waals surface area contributed by atoms with Crippen LogP contribution < -0.4 is 5.32 Å². The van der Waals surface area contributed by atoms with Gasteiger partial charge in [0.2, 0.25) is 0 Å². The van der Waals surface area contributed by atoms with Gasteiger partial charge in [0.25, 0.3) is 0 Å². The Kier molecular flexibility index (Phi) is 4.41. The number of benzene rings is 1. The second-order valence-corrected chi connectivity index (χ2v) is 5.43. The van der Waals surface area contributed by atoms with Crippen molar-refractivity contribution < 1.29 is 0 Å². The third-order valence-corrected chi connectivity index (χ3v) is 4.44. The van der Waals surface area contributed by atoms with E-state index >= 15 is 0 Å². The van der Waals surface area contributed by atoms with E-state index in [1.54, 1.807) is 0 Å². The molecule has 1 aromatic carbocycles. The highest BCUT2D eigenvalue weighted by molar-refractivity contribution is 5.37. The summed E-state index contributed by atoms with van der Waals surface area (Å²) >= 11 is 0. The summed E-state index contributed by atoms with van der Waals surface area (Å²) in [6, 6.07) is 10.6. The Morgan fingerprint density at radius 2 is 2.06 bits per heavy atom. The van der Waals surface area contributed by atoms with Crippen LogP contribution in [-0.2, 0) is 6.42 Å². The molecule has 1 aliphatic rings. The van der Waals surface area contributed by atoms with E-state index in [0.717, 1.165) is 6.54 Å². The summed E-state index contributed by atoms with van der Waals surface area (Å²) in [7, 11) is 2.27. The molecule has 0 spiro atoms. The van der Waals surface area contributed by atoms with E-state index in [-0.39, 0.29) is 0 Å². The number of likely N-dealkylation sites (N-methyl/N-ethyl adjacent to an activating group) is 2. The molecule has 0 aromatic heterocycles. The van der Waals surface area contributed by atoms with E-state index < -0.39 is 0 Å². The van der Waals surface area contributed by atoms with Gasteiger partial charge in [-0.15, -0.1) is 0 Å². The molecule has 0 amide bonds. The molecule has 1 aliphatic carbocycles. The second kappa shape index (κ2) is 5.85. The van der Waals surface area contributed by atoms with Crippen LogP contribution in [0.15, 0.2) is 24.3 Å². The van der Waals surface area contributed by atoms with Crippen LogP contribution in [0.4, 0.5) is 0 Å². The van der Waals surface area contributed by atoms with Crippen molar-refractivity contribution >= 4 is 0 Å². The normalized spacial score (nSPS) is 24.3. The molecule has 0 heterocycles. The number of nitrogens with one attached hydrogen (secondary N) is 1. The van der Waals surface area contributed by atoms with E-state index in [2.05, 4.69) is 62.3 Å². The van der Waals surface area contributed by atoms with Gasteiger partial charge in [-0.3, -0.25) is 4.90 Å². The highest BCUT2D eigenvalue weighted by Gasteiger charge is 2.35. The zero-order valence-corrected chi connectivity index (χ0v) is 12.1. The molecule has 2 nitrogen and oxygen atoms in total. The first kappa shape index (κ1) is 13.6. The van der Waals surface area contributed by atoms with Crippen molar-refractivity contribution in [1.29, 1.82) is 0 Å². The molecule has 3 unspecified atom stereocenters. The summed E-state index contributed by atoms with van der Waals surface area (Å²) in [5, 5.41) is 3.67. The molecule has 0 bridgehead atoms. The Morgan fingerprint density at radius 3 is 2.72 bits per heavy atom. The number of rotatable bonds is 5. The SMILES string of the molecule is CCNC1c2ccccc2CC1N(C)C(C)CC. The van der Waals surface area contributed by atoms with Gasteiger partial charge in [-0.2, -0.15) is 0 Å². The van der Waals surface area contributed by atoms with Gasteiger partial charge < -0.3 is 5.32 Å². The van der Waals surface area contributed by atoms with Crippen molar-refractivity contribution in [2.75, 3.05) is 13.6 Å². The molecule has 1 aromatic rings. The van der Waals surface area contributed by atoms with Crippen LogP contribution in [0.25, 0.3) is 0 Å². The minimum absolute atomic E-state index is 0.491. The molecule has 0 saturated heterocycles. The second-order valence-electron chi connectivity index (χ2n) is 5.43. The lowest BCUT2D eigenvalue weighted by Gasteiger charge is -2.34. The predicted octanol–water partition coefficient (Wildman–Crippen LogP) is 2.99. The van der Waals surface area contributed by atoms with Gasteiger partial charge in [0, 0.05) is 18.1 Å². The van der Waals surface area contributed by atoms with Crippen LogP contribution in [-0.4, -0.2) is 30.6 Å². The Morgan fingerprint density at radius 1 is 1.33 bits per heavy atom. The fourth-order valence-electron chi connectivity index (χ4n) is 3.03. The third kappa shape index (κ3) is 2.45. The van der Waals surface area contributed by atoms with E-state index in [0.29, 0.717) is 18.1 Å². The first-order chi connectivity index (χ1) is 8.69. The van der Waals surface area contributed by atoms with E-state index in [1.807, 2.05) is 0 Å². The topological polar surface area (TPSA) is 15.3 Å². The first-order valence-corrected chi connectivity index (χ1v) is 7.22. The van der Waals surface area contributed by atoms with Gasteiger partial charge in [-0.25, -0.2) is 0 Å². The minimum Gasteiger partial charge on any atom is -0.309 e. The number of fused-ring (bicyclic) bond motifs is 1. The molecule has 18 heavy (non-hydrogen) atoms. The van der Waals surface area contributed by atoms with Crippen molar-refractivity contribution in [3.05, 3.63) is 35.4 Å². The molecule has 2 heteroatoms. The molecule has 2 rings (SSSR count). The van der Waals surface area contributed by atoms with Gasteiger partial charge in [0.05, 0.1) is 0 Å². The summed E-state index contributed by atoms with van der Waals surface area (Å²) in [4.78, 5) is 2.55. The maximum absolute atomic E-state index is 3.67. The molecule has 0 fully saturated rings. The van der Waals surface area contributed by atoms with Crippen molar-refractivity contribution in [1.82, 2.24) is 10.2 Å². The van der Waals surface area contributed by atoms with E-state index in [9.17, 15) is 0 Å². The van der Waals surface area contributed by atoms with Crippen LogP contribution >= 0.6 is 0 Å². The largest absolute Gasteiger partial charge is 0.309 e. The lowest BCUT2D eigenvalue weighted by molar-refractivity contribution is 0.153. The Labute approximate surface area is 111 Å². The maximum atomic E-state index is 3.67. The molecule has 0 saturated carbocycles. The summed E-state index contributed by atoms with van der Waals surface area (Å²) in [5.41, 5.74) is 3.02. The first-order valence-electron chi connectivity index (χ1n) is 7.22. The number of hydrogen-bond donors (Lipinski definition) is 1. The lowest BCUT2D eigenvalue weighted by Crippen LogP contribution is -2.44. The van der Waals surface area contributed by atoms with Crippen LogP contribution in [0.1, 0.15) is 44.4 Å². The summed E-state index contributed by atoms with van der Waals surface area (Å²) in [6.45, 7) is 7.82. The summed E-state index contributed by atoms with van der Waals surface area (Å²) < 4.78 is 0. The molecule has 0 aliphatic heterocycles. The van der Waals surface area contributed by atoms with Crippen molar-refractivity contribution in [3.8, 4) is 0 Å². The van der Waals surface area contributed by atoms with Crippen LogP contribution in [0.2, 0.25) is 0 Å². The summed E-state index contributed by atoms with van der Waals surface area (Å²) in [5.74, 6) is 0. The van der Waals surface area contributed by atoms with Crippen LogP contribution in [0, 0.1) is 0 Å². The van der Waals surface area contributed by atoms with Crippen molar-refractivity contribution in [2.45, 2.75) is 51.7 Å². The third-order valence-electron chi connectivity index (χ3n) is 4.44. The van der Waals surface area contributed by atoms with E-state index in [1.165, 1.54) is 24.0 Å². The Bertz CT molecular complexity index is 388. The molecule has 1 N–H and O–H groups in total.